The third-order valence-electron chi connectivity index (χ3n) is 5.58. The normalized spacial score (nSPS) is 24.5. The number of rotatable bonds is 2. The number of halogens is 1. The first-order valence-electron chi connectivity index (χ1n) is 10.9. The van der Waals surface area contributed by atoms with Gasteiger partial charge in [0.05, 0.1) is 0 Å². The van der Waals surface area contributed by atoms with Crippen LogP contribution in [0.25, 0.3) is 11.0 Å². The molecule has 164 valence electrons. The van der Waals surface area contributed by atoms with Crippen LogP contribution in [0, 0.1) is 18.8 Å². The topological polar surface area (TPSA) is 83.2 Å². The molecule has 3 atom stereocenters. The maximum absolute atomic E-state index is 8.08. The summed E-state index contributed by atoms with van der Waals surface area (Å²) in [5, 5.41) is 21.2. The van der Waals surface area contributed by atoms with Crippen molar-refractivity contribution in [2.75, 3.05) is 13.1 Å². The molecule has 0 aromatic carbocycles. The number of aryl methyl sites for hydroxylation is 1. The van der Waals surface area contributed by atoms with Crippen molar-refractivity contribution in [3.8, 4) is 0 Å². The number of nitrogens with one attached hydrogen (secondary N) is 1. The molecule has 2 aromatic rings. The minimum absolute atomic E-state index is 0.345. The second-order valence-corrected chi connectivity index (χ2v) is 8.76. The van der Waals surface area contributed by atoms with E-state index in [9.17, 15) is 0 Å². The van der Waals surface area contributed by atoms with Crippen molar-refractivity contribution in [2.24, 2.45) is 11.8 Å². The maximum atomic E-state index is 8.08. The highest BCUT2D eigenvalue weighted by Gasteiger charge is 2.33. The lowest BCUT2D eigenvalue weighted by Crippen LogP contribution is -2.33. The van der Waals surface area contributed by atoms with Gasteiger partial charge in [-0.05, 0) is 95.0 Å². The SMILES string of the molecule is CC.CC(C)(O)O.Cc1cn(C2CCC(C3CCCNC3)C2)c2nc(Cl)ncc12. The Morgan fingerprint density at radius 3 is 2.48 bits per heavy atom. The zero-order chi connectivity index (χ0) is 21.6. The number of aliphatic hydroxyl groups is 2. The lowest BCUT2D eigenvalue weighted by Gasteiger charge is -2.28. The van der Waals surface area contributed by atoms with Gasteiger partial charge in [0, 0.05) is 23.8 Å². The molecule has 4 rings (SSSR count). The van der Waals surface area contributed by atoms with E-state index >= 15 is 0 Å². The molecule has 0 radical (unpaired) electrons. The first-order valence-corrected chi connectivity index (χ1v) is 11.3. The number of fused-ring (bicyclic) bond motifs is 1. The third kappa shape index (κ3) is 6.92. The highest BCUT2D eigenvalue weighted by atomic mass is 35.5. The Hall–Kier alpha value is -1.21. The van der Waals surface area contributed by atoms with Crippen LogP contribution in [0.3, 0.4) is 0 Å². The summed E-state index contributed by atoms with van der Waals surface area (Å²) in [4.78, 5) is 8.61. The molecule has 2 aliphatic rings. The van der Waals surface area contributed by atoms with Gasteiger partial charge in [0.15, 0.2) is 5.79 Å². The van der Waals surface area contributed by atoms with E-state index in [-0.39, 0.29) is 0 Å². The molecule has 3 heterocycles. The number of piperidine rings is 1. The van der Waals surface area contributed by atoms with Crippen LogP contribution in [0.2, 0.25) is 5.28 Å². The third-order valence-corrected chi connectivity index (χ3v) is 5.76. The summed E-state index contributed by atoms with van der Waals surface area (Å²) >= 11 is 6.01. The van der Waals surface area contributed by atoms with E-state index in [1.54, 1.807) is 0 Å². The smallest absolute Gasteiger partial charge is 0.224 e. The van der Waals surface area contributed by atoms with E-state index < -0.39 is 5.79 Å². The van der Waals surface area contributed by atoms with Crippen LogP contribution in [-0.4, -0.2) is 43.6 Å². The quantitative estimate of drug-likeness (QED) is 0.489. The molecule has 2 aromatic heterocycles. The van der Waals surface area contributed by atoms with Crippen molar-refractivity contribution in [3.05, 3.63) is 23.2 Å². The monoisotopic (exact) mass is 424 g/mol. The molecular formula is C22H37ClN4O2. The summed E-state index contributed by atoms with van der Waals surface area (Å²) in [6.45, 7) is 11.1. The Bertz CT molecular complexity index is 760. The van der Waals surface area contributed by atoms with Crippen LogP contribution in [-0.2, 0) is 0 Å². The summed E-state index contributed by atoms with van der Waals surface area (Å²) in [5.41, 5.74) is 2.25. The van der Waals surface area contributed by atoms with E-state index in [4.69, 9.17) is 21.8 Å². The summed E-state index contributed by atoms with van der Waals surface area (Å²) in [7, 11) is 0. The fourth-order valence-electron chi connectivity index (χ4n) is 4.40. The Labute approximate surface area is 179 Å². The van der Waals surface area contributed by atoms with Crippen molar-refractivity contribution < 1.29 is 10.2 Å². The molecule has 0 amide bonds. The van der Waals surface area contributed by atoms with E-state index in [1.165, 1.54) is 64.6 Å². The van der Waals surface area contributed by atoms with Gasteiger partial charge in [-0.25, -0.2) is 4.98 Å². The molecule has 1 saturated carbocycles. The van der Waals surface area contributed by atoms with Gasteiger partial charge in [-0.1, -0.05) is 13.8 Å². The predicted octanol–water partition coefficient (Wildman–Crippen LogP) is 4.47. The van der Waals surface area contributed by atoms with E-state index in [2.05, 4.69) is 33.0 Å². The minimum Gasteiger partial charge on any atom is -0.366 e. The zero-order valence-corrected chi connectivity index (χ0v) is 19.2. The molecule has 6 nitrogen and oxygen atoms in total. The molecule has 3 N–H and O–H groups in total. The molecule has 1 aliphatic heterocycles. The number of hydrogen-bond acceptors (Lipinski definition) is 5. The molecule has 0 spiro atoms. The molecule has 1 aliphatic carbocycles. The average Bonchev–Trinajstić information content (AvgIpc) is 3.28. The van der Waals surface area contributed by atoms with Crippen LogP contribution < -0.4 is 5.32 Å². The second-order valence-electron chi connectivity index (χ2n) is 8.42. The van der Waals surface area contributed by atoms with E-state index in [0.717, 1.165) is 22.9 Å². The standard InChI is InChI=1S/C17H23ClN4.C3H8O2.C2H6/c1-11-10-22(16-15(11)9-20-17(18)21-16)14-5-4-12(7-14)13-3-2-6-19-8-13;1-3(2,4)5;1-2/h9-10,12-14,19H,2-8H2,1H3;4-5H,1-2H3;1-2H3. The average molecular weight is 425 g/mol. The number of aromatic nitrogens is 3. The zero-order valence-electron chi connectivity index (χ0n) is 18.5. The number of nitrogens with zero attached hydrogens (tertiary/aromatic N) is 3. The van der Waals surface area contributed by atoms with Crippen LogP contribution in [0.1, 0.15) is 71.4 Å². The van der Waals surface area contributed by atoms with E-state index in [0.29, 0.717) is 11.3 Å². The van der Waals surface area contributed by atoms with Crippen molar-refractivity contribution in [1.82, 2.24) is 19.9 Å². The molecule has 7 heteroatoms. The van der Waals surface area contributed by atoms with Crippen molar-refractivity contribution in [3.63, 3.8) is 0 Å². The molecule has 1 saturated heterocycles. The van der Waals surface area contributed by atoms with Gasteiger partial charge in [-0.15, -0.1) is 0 Å². The maximum Gasteiger partial charge on any atom is 0.224 e. The van der Waals surface area contributed by atoms with Crippen LogP contribution in [0.5, 0.6) is 0 Å². The fourth-order valence-corrected chi connectivity index (χ4v) is 4.53. The Morgan fingerprint density at radius 2 is 1.86 bits per heavy atom. The first-order chi connectivity index (χ1) is 13.7. The van der Waals surface area contributed by atoms with Crippen LogP contribution in [0.15, 0.2) is 12.4 Å². The molecule has 3 unspecified atom stereocenters. The van der Waals surface area contributed by atoms with Gasteiger partial charge in [-0.3, -0.25) is 0 Å². The summed E-state index contributed by atoms with van der Waals surface area (Å²) in [6.07, 6.45) is 10.7. The van der Waals surface area contributed by atoms with Gasteiger partial charge < -0.3 is 20.1 Å². The highest BCUT2D eigenvalue weighted by Crippen LogP contribution is 2.42. The van der Waals surface area contributed by atoms with Crippen molar-refractivity contribution in [2.45, 2.75) is 78.6 Å². The molecular weight excluding hydrogens is 388 g/mol. The molecule has 2 fully saturated rings. The Kier molecular flexibility index (Phi) is 8.89. The summed E-state index contributed by atoms with van der Waals surface area (Å²) < 4.78 is 2.36. The predicted molar refractivity (Wildman–Crippen MR) is 119 cm³/mol. The Balaban J connectivity index is 0.000000378. The van der Waals surface area contributed by atoms with Gasteiger partial charge in [0.25, 0.3) is 0 Å². The van der Waals surface area contributed by atoms with Gasteiger partial charge >= 0.3 is 0 Å². The number of hydrogen-bond donors (Lipinski definition) is 3. The Morgan fingerprint density at radius 1 is 1.17 bits per heavy atom. The lowest BCUT2D eigenvalue weighted by atomic mass is 9.85. The van der Waals surface area contributed by atoms with Gasteiger partial charge in [-0.2, -0.15) is 4.98 Å². The largest absolute Gasteiger partial charge is 0.366 e. The molecule has 29 heavy (non-hydrogen) atoms. The highest BCUT2D eigenvalue weighted by molar-refractivity contribution is 6.28. The van der Waals surface area contributed by atoms with E-state index in [1.807, 2.05) is 20.0 Å². The second kappa shape index (κ2) is 10.7. The van der Waals surface area contributed by atoms with Crippen LogP contribution >= 0.6 is 11.6 Å². The lowest BCUT2D eigenvalue weighted by molar-refractivity contribution is -0.127. The fraction of sp³-hybridized carbons (Fsp3) is 0.727. The van der Waals surface area contributed by atoms with Crippen molar-refractivity contribution >= 4 is 22.6 Å². The van der Waals surface area contributed by atoms with Crippen LogP contribution in [0.4, 0.5) is 0 Å². The van der Waals surface area contributed by atoms with Gasteiger partial charge in [0.1, 0.15) is 5.65 Å². The van der Waals surface area contributed by atoms with Gasteiger partial charge in [0.2, 0.25) is 5.28 Å². The summed E-state index contributed by atoms with van der Waals surface area (Å²) in [5.74, 6) is 0.216. The minimum atomic E-state index is -1.50. The molecule has 0 bridgehead atoms. The van der Waals surface area contributed by atoms with Crippen molar-refractivity contribution in [1.29, 1.82) is 0 Å². The summed E-state index contributed by atoms with van der Waals surface area (Å²) in [6, 6.07) is 0.564. The first kappa shape index (κ1) is 24.1.